The molecule has 0 fully saturated rings. The average Bonchev–Trinajstić information content (AvgIpc) is 2.18. The van der Waals surface area contributed by atoms with Crippen LogP contribution in [0.15, 0.2) is 30.5 Å². The van der Waals surface area contributed by atoms with Crippen LogP contribution in [0.4, 0.5) is 0 Å². The van der Waals surface area contributed by atoms with Crippen molar-refractivity contribution in [3.05, 3.63) is 35.0 Å². The largest absolute Gasteiger partial charge is 0.491 e. The normalized spacial score (nSPS) is 10.9. The number of nitrogens with one attached hydrogen (secondary N) is 1. The third-order valence-electron chi connectivity index (χ3n) is 2.10. The van der Waals surface area contributed by atoms with Crippen LogP contribution in [-0.2, 0) is 0 Å². The molecule has 0 atom stereocenters. The van der Waals surface area contributed by atoms with Crippen molar-refractivity contribution >= 4 is 23.1 Å². The van der Waals surface area contributed by atoms with Gasteiger partial charge >= 0.3 is 0 Å². The molecule has 2 nitrogen and oxygen atoms in total. The lowest BCUT2D eigenvalue weighted by Gasteiger charge is -2.10. The van der Waals surface area contributed by atoms with Crippen LogP contribution in [0.2, 0.25) is 0 Å². The van der Waals surface area contributed by atoms with Gasteiger partial charge in [0.15, 0.2) is 0 Å². The first-order valence-electron chi connectivity index (χ1n) is 4.95. The molecule has 1 heterocycles. The van der Waals surface area contributed by atoms with Crippen molar-refractivity contribution in [2.75, 3.05) is 0 Å². The Labute approximate surface area is 93.9 Å². The summed E-state index contributed by atoms with van der Waals surface area (Å²) in [7, 11) is 0. The Hall–Kier alpha value is -1.35. The van der Waals surface area contributed by atoms with E-state index in [4.69, 9.17) is 17.0 Å². The van der Waals surface area contributed by atoms with E-state index >= 15 is 0 Å². The zero-order valence-electron chi connectivity index (χ0n) is 8.78. The van der Waals surface area contributed by atoms with Crippen molar-refractivity contribution in [1.29, 1.82) is 0 Å². The molecule has 0 bridgehead atoms. The van der Waals surface area contributed by atoms with Crippen LogP contribution >= 0.6 is 12.2 Å². The van der Waals surface area contributed by atoms with Gasteiger partial charge in [-0.15, -0.1) is 0 Å². The number of pyridine rings is 1. The highest BCUT2D eigenvalue weighted by atomic mass is 32.1. The molecular formula is C12H13NOS. The van der Waals surface area contributed by atoms with Crippen LogP contribution in [0.25, 0.3) is 10.9 Å². The van der Waals surface area contributed by atoms with E-state index in [0.717, 1.165) is 21.2 Å². The van der Waals surface area contributed by atoms with Crippen LogP contribution in [0, 0.1) is 4.51 Å². The highest BCUT2D eigenvalue weighted by Crippen LogP contribution is 2.21. The molecule has 1 aromatic carbocycles. The van der Waals surface area contributed by atoms with Crippen molar-refractivity contribution in [2.24, 2.45) is 0 Å². The summed E-state index contributed by atoms with van der Waals surface area (Å²) in [5, 5.41) is 1.03. The Morgan fingerprint density at radius 3 is 2.80 bits per heavy atom. The average molecular weight is 219 g/mol. The molecule has 0 aliphatic carbocycles. The first kappa shape index (κ1) is 10.2. The fraction of sp³-hybridized carbons (Fsp3) is 0.250. The Balaban J connectivity index is 2.55. The zero-order chi connectivity index (χ0) is 10.8. The van der Waals surface area contributed by atoms with E-state index in [0.29, 0.717) is 0 Å². The lowest BCUT2D eigenvalue weighted by Crippen LogP contribution is -2.05. The molecule has 0 aliphatic heterocycles. The SMILES string of the molecule is CC(C)Oc1ccc2[nH]ccc(=S)c2c1. The molecule has 3 heteroatoms. The lowest BCUT2D eigenvalue weighted by atomic mass is 10.2. The third kappa shape index (κ3) is 2.18. The van der Waals surface area contributed by atoms with Gasteiger partial charge in [-0.1, -0.05) is 12.2 Å². The van der Waals surface area contributed by atoms with E-state index in [-0.39, 0.29) is 6.10 Å². The molecule has 0 radical (unpaired) electrons. The van der Waals surface area contributed by atoms with E-state index in [1.807, 2.05) is 44.3 Å². The van der Waals surface area contributed by atoms with Crippen molar-refractivity contribution in [1.82, 2.24) is 4.98 Å². The minimum atomic E-state index is 0.184. The number of rotatable bonds is 2. The second kappa shape index (κ2) is 4.03. The molecule has 0 saturated carbocycles. The Morgan fingerprint density at radius 2 is 2.07 bits per heavy atom. The molecule has 0 saturated heterocycles. The fourth-order valence-electron chi connectivity index (χ4n) is 1.50. The smallest absolute Gasteiger partial charge is 0.120 e. The van der Waals surface area contributed by atoms with Crippen molar-refractivity contribution in [2.45, 2.75) is 20.0 Å². The van der Waals surface area contributed by atoms with Gasteiger partial charge in [0.05, 0.1) is 6.10 Å². The standard InChI is InChI=1S/C12H13NOS/c1-8(2)14-9-3-4-11-10(7-9)12(15)5-6-13-11/h3-8H,1-2H3,(H,13,15). The highest BCUT2D eigenvalue weighted by Gasteiger charge is 2.00. The molecule has 1 N–H and O–H groups in total. The van der Waals surface area contributed by atoms with Gasteiger partial charge in [-0.2, -0.15) is 0 Å². The predicted molar refractivity (Wildman–Crippen MR) is 64.9 cm³/mol. The minimum Gasteiger partial charge on any atom is -0.491 e. The quantitative estimate of drug-likeness (QED) is 0.779. The Kier molecular flexibility index (Phi) is 2.73. The van der Waals surface area contributed by atoms with Gasteiger partial charge in [0.1, 0.15) is 5.75 Å². The highest BCUT2D eigenvalue weighted by molar-refractivity contribution is 7.71. The number of hydrogen-bond acceptors (Lipinski definition) is 2. The predicted octanol–water partition coefficient (Wildman–Crippen LogP) is 3.68. The number of hydrogen-bond donors (Lipinski definition) is 1. The molecule has 0 amide bonds. The van der Waals surface area contributed by atoms with Crippen LogP contribution in [-0.4, -0.2) is 11.1 Å². The Bertz CT molecular complexity index is 530. The molecular weight excluding hydrogens is 206 g/mol. The van der Waals surface area contributed by atoms with E-state index in [1.165, 1.54) is 0 Å². The molecule has 0 aliphatic rings. The molecule has 0 spiro atoms. The van der Waals surface area contributed by atoms with E-state index < -0.39 is 0 Å². The maximum Gasteiger partial charge on any atom is 0.120 e. The van der Waals surface area contributed by atoms with Crippen LogP contribution in [0.1, 0.15) is 13.8 Å². The summed E-state index contributed by atoms with van der Waals surface area (Å²) in [4.78, 5) is 3.15. The molecule has 78 valence electrons. The van der Waals surface area contributed by atoms with E-state index in [1.54, 1.807) is 0 Å². The molecule has 2 rings (SSSR count). The molecule has 2 aromatic rings. The summed E-state index contributed by atoms with van der Waals surface area (Å²) in [5.74, 6) is 0.864. The summed E-state index contributed by atoms with van der Waals surface area (Å²) in [6, 6.07) is 7.81. The van der Waals surface area contributed by atoms with Gasteiger partial charge in [0.2, 0.25) is 0 Å². The summed E-state index contributed by atoms with van der Waals surface area (Å²) in [6.45, 7) is 4.02. The molecule has 15 heavy (non-hydrogen) atoms. The molecule has 0 unspecified atom stereocenters. The van der Waals surface area contributed by atoms with Gasteiger partial charge in [-0.3, -0.25) is 0 Å². The first-order valence-corrected chi connectivity index (χ1v) is 5.36. The van der Waals surface area contributed by atoms with Crippen molar-refractivity contribution in [3.8, 4) is 5.75 Å². The first-order chi connectivity index (χ1) is 7.16. The maximum absolute atomic E-state index is 5.62. The summed E-state index contributed by atoms with van der Waals surface area (Å²) >= 11 is 5.25. The van der Waals surface area contributed by atoms with Crippen LogP contribution in [0.3, 0.4) is 0 Å². The van der Waals surface area contributed by atoms with Gasteiger partial charge in [-0.05, 0) is 38.1 Å². The number of fused-ring (bicyclic) bond motifs is 1. The molecule has 1 aromatic heterocycles. The lowest BCUT2D eigenvalue weighted by molar-refractivity contribution is 0.243. The number of H-pyrrole nitrogens is 1. The fourth-order valence-corrected chi connectivity index (χ4v) is 1.73. The number of aromatic amines is 1. The van der Waals surface area contributed by atoms with Gasteiger partial charge in [0.25, 0.3) is 0 Å². The minimum absolute atomic E-state index is 0.184. The summed E-state index contributed by atoms with van der Waals surface area (Å²) in [6.07, 6.45) is 2.04. The maximum atomic E-state index is 5.62. The number of aromatic nitrogens is 1. The van der Waals surface area contributed by atoms with Crippen molar-refractivity contribution in [3.63, 3.8) is 0 Å². The third-order valence-corrected chi connectivity index (χ3v) is 2.46. The van der Waals surface area contributed by atoms with Crippen LogP contribution < -0.4 is 4.74 Å². The second-order valence-corrected chi connectivity index (χ2v) is 4.16. The van der Waals surface area contributed by atoms with E-state index in [9.17, 15) is 0 Å². The van der Waals surface area contributed by atoms with Crippen LogP contribution in [0.5, 0.6) is 5.75 Å². The topological polar surface area (TPSA) is 25.0 Å². The monoisotopic (exact) mass is 219 g/mol. The van der Waals surface area contributed by atoms with Gasteiger partial charge in [-0.25, -0.2) is 0 Å². The van der Waals surface area contributed by atoms with E-state index in [2.05, 4.69) is 4.98 Å². The summed E-state index contributed by atoms with van der Waals surface area (Å²) in [5.41, 5.74) is 1.04. The van der Waals surface area contributed by atoms with Gasteiger partial charge in [0, 0.05) is 21.6 Å². The Morgan fingerprint density at radius 1 is 1.27 bits per heavy atom. The second-order valence-electron chi connectivity index (χ2n) is 3.72. The number of ether oxygens (including phenoxy) is 1. The zero-order valence-corrected chi connectivity index (χ0v) is 9.60. The summed E-state index contributed by atoms with van der Waals surface area (Å²) < 4.78 is 6.46. The number of benzene rings is 1. The van der Waals surface area contributed by atoms with Crippen molar-refractivity contribution < 1.29 is 4.74 Å². The van der Waals surface area contributed by atoms with Gasteiger partial charge < -0.3 is 9.72 Å².